The van der Waals surface area contributed by atoms with E-state index in [2.05, 4.69) is 0 Å². The third kappa shape index (κ3) is 3.18. The normalized spacial score (nSPS) is 16.2. The number of hydrogen-bond donors (Lipinski definition) is 0. The fourth-order valence-electron chi connectivity index (χ4n) is 2.85. The van der Waals surface area contributed by atoms with Crippen molar-refractivity contribution in [3.63, 3.8) is 0 Å². The second kappa shape index (κ2) is 5.99. The molecule has 1 saturated carbocycles. The van der Waals surface area contributed by atoms with Gasteiger partial charge in [-0.2, -0.15) is 0 Å². The van der Waals surface area contributed by atoms with Crippen LogP contribution in [0.15, 0.2) is 41.0 Å². The minimum atomic E-state index is 0.126. The third-order valence-electron chi connectivity index (χ3n) is 4.18. The molecule has 0 N–H and O–H groups in total. The molecule has 2 aromatic rings. The van der Waals surface area contributed by atoms with E-state index >= 15 is 0 Å². The summed E-state index contributed by atoms with van der Waals surface area (Å²) in [7, 11) is 0. The second-order valence-electron chi connectivity index (χ2n) is 5.99. The summed E-state index contributed by atoms with van der Waals surface area (Å²) < 4.78 is 16.5. The first-order valence-corrected chi connectivity index (χ1v) is 8.00. The minimum Gasteiger partial charge on any atom is -0.486 e. The van der Waals surface area contributed by atoms with Crippen LogP contribution < -0.4 is 9.47 Å². The summed E-state index contributed by atoms with van der Waals surface area (Å²) in [5.41, 5.74) is 0.948. The van der Waals surface area contributed by atoms with Gasteiger partial charge in [-0.1, -0.05) is 6.07 Å². The number of ether oxygens (including phenoxy) is 2. The second-order valence-corrected chi connectivity index (χ2v) is 5.99. The summed E-state index contributed by atoms with van der Waals surface area (Å²) in [5.74, 6) is 2.43. The SMILES string of the molecule is O=C(Cc1ccc2c(c1)OCCO2)N(Cc1ccco1)C1CC1. The Labute approximate surface area is 134 Å². The van der Waals surface area contributed by atoms with Gasteiger partial charge in [-0.25, -0.2) is 0 Å². The molecule has 1 aromatic carbocycles. The van der Waals surface area contributed by atoms with Gasteiger partial charge in [0.2, 0.25) is 5.91 Å². The highest BCUT2D eigenvalue weighted by atomic mass is 16.6. The molecule has 5 heteroatoms. The zero-order valence-electron chi connectivity index (χ0n) is 12.9. The van der Waals surface area contributed by atoms with Crippen molar-refractivity contribution in [3.8, 4) is 11.5 Å². The number of amides is 1. The van der Waals surface area contributed by atoms with Crippen molar-refractivity contribution in [2.45, 2.75) is 31.8 Å². The van der Waals surface area contributed by atoms with Gasteiger partial charge in [0.1, 0.15) is 19.0 Å². The van der Waals surface area contributed by atoms with Crippen LogP contribution in [0.3, 0.4) is 0 Å². The Morgan fingerprint density at radius 3 is 2.70 bits per heavy atom. The highest BCUT2D eigenvalue weighted by Gasteiger charge is 2.33. The van der Waals surface area contributed by atoms with Crippen LogP contribution in [0.1, 0.15) is 24.2 Å². The Morgan fingerprint density at radius 1 is 1.13 bits per heavy atom. The van der Waals surface area contributed by atoms with Crippen molar-refractivity contribution in [2.75, 3.05) is 13.2 Å². The van der Waals surface area contributed by atoms with Crippen LogP contribution in [-0.4, -0.2) is 30.1 Å². The van der Waals surface area contributed by atoms with E-state index in [9.17, 15) is 4.79 Å². The average molecular weight is 313 g/mol. The molecule has 1 fully saturated rings. The van der Waals surface area contributed by atoms with E-state index in [1.165, 1.54) is 0 Å². The molecule has 0 atom stereocenters. The monoisotopic (exact) mass is 313 g/mol. The number of carbonyl (C=O) groups is 1. The number of furan rings is 1. The van der Waals surface area contributed by atoms with E-state index < -0.39 is 0 Å². The molecule has 1 aliphatic carbocycles. The zero-order valence-corrected chi connectivity index (χ0v) is 12.9. The van der Waals surface area contributed by atoms with Crippen LogP contribution in [0.25, 0.3) is 0 Å². The lowest BCUT2D eigenvalue weighted by molar-refractivity contribution is -0.131. The average Bonchev–Trinajstić information content (AvgIpc) is 3.28. The van der Waals surface area contributed by atoms with Crippen molar-refractivity contribution >= 4 is 5.91 Å². The molecule has 120 valence electrons. The van der Waals surface area contributed by atoms with Crippen molar-refractivity contribution in [2.24, 2.45) is 0 Å². The highest BCUT2D eigenvalue weighted by molar-refractivity contribution is 5.79. The summed E-state index contributed by atoms with van der Waals surface area (Å²) in [6, 6.07) is 9.84. The van der Waals surface area contributed by atoms with Crippen LogP contribution in [0, 0.1) is 0 Å². The summed E-state index contributed by atoms with van der Waals surface area (Å²) in [6.45, 7) is 1.67. The highest BCUT2D eigenvalue weighted by Crippen LogP contribution is 2.32. The molecule has 5 nitrogen and oxygen atoms in total. The summed E-state index contributed by atoms with van der Waals surface area (Å²) in [5, 5.41) is 0. The number of hydrogen-bond acceptors (Lipinski definition) is 4. The molecule has 0 spiro atoms. The first-order chi connectivity index (χ1) is 11.3. The van der Waals surface area contributed by atoms with Crippen LogP contribution in [-0.2, 0) is 17.8 Å². The van der Waals surface area contributed by atoms with E-state index in [0.29, 0.717) is 32.2 Å². The fraction of sp³-hybridized carbons (Fsp3) is 0.389. The van der Waals surface area contributed by atoms with E-state index in [1.54, 1.807) is 6.26 Å². The van der Waals surface area contributed by atoms with Gasteiger partial charge in [0.05, 0.1) is 19.2 Å². The van der Waals surface area contributed by atoms with Gasteiger partial charge in [-0.05, 0) is 42.7 Å². The lowest BCUT2D eigenvalue weighted by Gasteiger charge is -2.22. The molecule has 2 heterocycles. The molecular formula is C18H19NO4. The van der Waals surface area contributed by atoms with Crippen molar-refractivity contribution in [1.82, 2.24) is 4.90 Å². The number of carbonyl (C=O) groups excluding carboxylic acids is 1. The Morgan fingerprint density at radius 2 is 1.96 bits per heavy atom. The van der Waals surface area contributed by atoms with Crippen LogP contribution >= 0.6 is 0 Å². The first-order valence-electron chi connectivity index (χ1n) is 8.00. The summed E-state index contributed by atoms with van der Waals surface area (Å²) >= 11 is 0. The maximum atomic E-state index is 12.7. The topological polar surface area (TPSA) is 51.9 Å². The van der Waals surface area contributed by atoms with Crippen molar-refractivity contribution < 1.29 is 18.7 Å². The summed E-state index contributed by atoms with van der Waals surface area (Å²) in [4.78, 5) is 14.6. The number of fused-ring (bicyclic) bond motifs is 1. The van der Waals surface area contributed by atoms with E-state index in [1.807, 2.05) is 35.2 Å². The third-order valence-corrected chi connectivity index (χ3v) is 4.18. The molecule has 23 heavy (non-hydrogen) atoms. The molecule has 0 bridgehead atoms. The van der Waals surface area contributed by atoms with E-state index in [4.69, 9.17) is 13.9 Å². The number of benzene rings is 1. The maximum absolute atomic E-state index is 12.7. The Hall–Kier alpha value is -2.43. The van der Waals surface area contributed by atoms with Gasteiger partial charge in [0, 0.05) is 6.04 Å². The molecule has 1 aromatic heterocycles. The fourth-order valence-corrected chi connectivity index (χ4v) is 2.85. The molecule has 4 rings (SSSR count). The molecule has 0 saturated heterocycles. The molecule has 0 radical (unpaired) electrons. The standard InChI is InChI=1S/C18H19NO4/c20-18(19(14-4-5-14)12-15-2-1-7-21-15)11-13-3-6-16-17(10-13)23-9-8-22-16/h1-3,6-7,10,14H,4-5,8-9,11-12H2. The van der Waals surface area contributed by atoms with Gasteiger partial charge in [0.15, 0.2) is 11.5 Å². The van der Waals surface area contributed by atoms with E-state index in [0.717, 1.165) is 35.7 Å². The van der Waals surface area contributed by atoms with Gasteiger partial charge < -0.3 is 18.8 Å². The Bertz CT molecular complexity index is 691. The lowest BCUT2D eigenvalue weighted by atomic mass is 10.1. The van der Waals surface area contributed by atoms with Gasteiger partial charge >= 0.3 is 0 Å². The quantitative estimate of drug-likeness (QED) is 0.852. The Balaban J connectivity index is 1.47. The molecular weight excluding hydrogens is 294 g/mol. The first kappa shape index (κ1) is 14.2. The molecule has 1 amide bonds. The van der Waals surface area contributed by atoms with Crippen LogP contribution in [0.5, 0.6) is 11.5 Å². The maximum Gasteiger partial charge on any atom is 0.227 e. The summed E-state index contributed by atoms with van der Waals surface area (Å²) in [6.07, 6.45) is 4.17. The molecule has 0 unspecified atom stereocenters. The minimum absolute atomic E-state index is 0.126. The van der Waals surface area contributed by atoms with Gasteiger partial charge in [0.25, 0.3) is 0 Å². The van der Waals surface area contributed by atoms with E-state index in [-0.39, 0.29) is 5.91 Å². The van der Waals surface area contributed by atoms with Gasteiger partial charge in [-0.3, -0.25) is 4.79 Å². The number of rotatable bonds is 5. The predicted molar refractivity (Wildman–Crippen MR) is 83.4 cm³/mol. The lowest BCUT2D eigenvalue weighted by Crippen LogP contribution is -2.33. The zero-order chi connectivity index (χ0) is 15.6. The predicted octanol–water partition coefficient (Wildman–Crippen LogP) is 2.78. The smallest absolute Gasteiger partial charge is 0.227 e. The Kier molecular flexibility index (Phi) is 3.69. The van der Waals surface area contributed by atoms with Crippen LogP contribution in [0.2, 0.25) is 0 Å². The van der Waals surface area contributed by atoms with Gasteiger partial charge in [-0.15, -0.1) is 0 Å². The number of nitrogens with zero attached hydrogens (tertiary/aromatic N) is 1. The van der Waals surface area contributed by atoms with Crippen molar-refractivity contribution in [3.05, 3.63) is 47.9 Å². The largest absolute Gasteiger partial charge is 0.486 e. The van der Waals surface area contributed by atoms with Crippen molar-refractivity contribution in [1.29, 1.82) is 0 Å². The molecule has 2 aliphatic rings. The van der Waals surface area contributed by atoms with Crippen LogP contribution in [0.4, 0.5) is 0 Å². The molecule has 1 aliphatic heterocycles.